The first-order valence-electron chi connectivity index (χ1n) is 7.52. The number of benzene rings is 1. The van der Waals surface area contributed by atoms with Crippen molar-refractivity contribution in [2.75, 3.05) is 38.6 Å². The van der Waals surface area contributed by atoms with Crippen LogP contribution in [0.4, 0.5) is 5.69 Å². The topological polar surface area (TPSA) is 18.5 Å². The van der Waals surface area contributed by atoms with Crippen LogP contribution in [0.25, 0.3) is 0 Å². The number of rotatable bonds is 5. The molecule has 112 valence electrons. The summed E-state index contributed by atoms with van der Waals surface area (Å²) in [6, 6.07) is 6.98. The molecule has 1 N–H and O–H groups in total. The number of likely N-dealkylation sites (N-methyl/N-ethyl adjacent to an activating group) is 2. The van der Waals surface area contributed by atoms with E-state index in [9.17, 15) is 0 Å². The number of nitrogens with zero attached hydrogens (tertiary/aromatic N) is 2. The third-order valence-corrected chi connectivity index (χ3v) is 4.42. The number of halogens is 1. The quantitative estimate of drug-likeness (QED) is 0.901. The standard InChI is InChI=1S/C16H26ClN3/c1-4-18-11-13-7-8-16(15(17)10-13)20(3)14-6-5-9-19(2)12-14/h7-8,10,14,18H,4-6,9,11-12H2,1-3H3. The maximum atomic E-state index is 6.48. The molecule has 1 saturated heterocycles. The second kappa shape index (κ2) is 7.30. The van der Waals surface area contributed by atoms with Gasteiger partial charge in [0.2, 0.25) is 0 Å². The number of likely N-dealkylation sites (tertiary alicyclic amines) is 1. The lowest BCUT2D eigenvalue weighted by Crippen LogP contribution is -2.45. The van der Waals surface area contributed by atoms with E-state index in [2.05, 4.69) is 54.3 Å². The molecule has 0 aliphatic carbocycles. The van der Waals surface area contributed by atoms with Crippen molar-refractivity contribution in [1.82, 2.24) is 10.2 Å². The highest BCUT2D eigenvalue weighted by atomic mass is 35.5. The Balaban J connectivity index is 2.07. The van der Waals surface area contributed by atoms with E-state index in [1.165, 1.54) is 24.9 Å². The van der Waals surface area contributed by atoms with E-state index < -0.39 is 0 Å². The van der Waals surface area contributed by atoms with Gasteiger partial charge in [-0.2, -0.15) is 0 Å². The summed E-state index contributed by atoms with van der Waals surface area (Å²) in [7, 11) is 4.36. The van der Waals surface area contributed by atoms with Crippen molar-refractivity contribution in [3.05, 3.63) is 28.8 Å². The summed E-state index contributed by atoms with van der Waals surface area (Å²) < 4.78 is 0. The van der Waals surface area contributed by atoms with Gasteiger partial charge in [0.1, 0.15) is 0 Å². The zero-order valence-electron chi connectivity index (χ0n) is 12.8. The van der Waals surface area contributed by atoms with E-state index >= 15 is 0 Å². The summed E-state index contributed by atoms with van der Waals surface area (Å²) in [5, 5.41) is 4.19. The minimum absolute atomic E-state index is 0.561. The number of anilines is 1. The number of hydrogen-bond acceptors (Lipinski definition) is 3. The van der Waals surface area contributed by atoms with Gasteiger partial charge in [0.05, 0.1) is 10.7 Å². The second-order valence-corrected chi connectivity index (χ2v) is 6.14. The number of hydrogen-bond donors (Lipinski definition) is 1. The van der Waals surface area contributed by atoms with E-state index in [-0.39, 0.29) is 0 Å². The predicted octanol–water partition coefficient (Wildman–Crippen LogP) is 2.98. The van der Waals surface area contributed by atoms with Gasteiger partial charge in [-0.1, -0.05) is 24.6 Å². The number of nitrogens with one attached hydrogen (secondary N) is 1. The Morgan fingerprint density at radius 2 is 2.25 bits per heavy atom. The molecule has 1 aromatic rings. The molecule has 4 heteroatoms. The van der Waals surface area contributed by atoms with Crippen LogP contribution in [0.3, 0.4) is 0 Å². The van der Waals surface area contributed by atoms with Crippen LogP contribution in [0.15, 0.2) is 18.2 Å². The van der Waals surface area contributed by atoms with Gasteiger partial charge in [-0.15, -0.1) is 0 Å². The van der Waals surface area contributed by atoms with Crippen LogP contribution >= 0.6 is 11.6 Å². The lowest BCUT2D eigenvalue weighted by molar-refractivity contribution is 0.248. The molecule has 0 aromatic heterocycles. The zero-order chi connectivity index (χ0) is 14.5. The molecule has 1 aliphatic rings. The van der Waals surface area contributed by atoms with Gasteiger partial charge in [0, 0.05) is 26.2 Å². The Morgan fingerprint density at radius 3 is 2.90 bits per heavy atom. The van der Waals surface area contributed by atoms with Crippen LogP contribution in [0, 0.1) is 0 Å². The fraction of sp³-hybridized carbons (Fsp3) is 0.625. The first-order valence-corrected chi connectivity index (χ1v) is 7.90. The lowest BCUT2D eigenvalue weighted by atomic mass is 10.0. The van der Waals surface area contributed by atoms with Crippen molar-refractivity contribution < 1.29 is 0 Å². The normalized spacial score (nSPS) is 20.1. The molecule has 3 nitrogen and oxygen atoms in total. The van der Waals surface area contributed by atoms with Crippen LogP contribution < -0.4 is 10.2 Å². The second-order valence-electron chi connectivity index (χ2n) is 5.74. The largest absolute Gasteiger partial charge is 0.369 e. The first kappa shape index (κ1) is 15.6. The molecule has 1 fully saturated rings. The molecule has 1 atom stereocenters. The summed E-state index contributed by atoms with van der Waals surface area (Å²) >= 11 is 6.48. The average Bonchev–Trinajstić information content (AvgIpc) is 2.44. The van der Waals surface area contributed by atoms with Crippen molar-refractivity contribution in [3.8, 4) is 0 Å². The van der Waals surface area contributed by atoms with Gasteiger partial charge < -0.3 is 15.1 Å². The Kier molecular flexibility index (Phi) is 5.70. The van der Waals surface area contributed by atoms with Crippen molar-refractivity contribution in [1.29, 1.82) is 0 Å². The smallest absolute Gasteiger partial charge is 0.0642 e. The highest BCUT2D eigenvalue weighted by Crippen LogP contribution is 2.29. The minimum Gasteiger partial charge on any atom is -0.369 e. The maximum Gasteiger partial charge on any atom is 0.0642 e. The van der Waals surface area contributed by atoms with Gasteiger partial charge in [0.25, 0.3) is 0 Å². The van der Waals surface area contributed by atoms with E-state index in [4.69, 9.17) is 11.6 Å². The highest BCUT2D eigenvalue weighted by Gasteiger charge is 2.22. The zero-order valence-corrected chi connectivity index (χ0v) is 13.6. The number of piperidine rings is 1. The molecular weight excluding hydrogens is 270 g/mol. The highest BCUT2D eigenvalue weighted by molar-refractivity contribution is 6.33. The molecule has 1 unspecified atom stereocenters. The monoisotopic (exact) mass is 295 g/mol. The summed E-state index contributed by atoms with van der Waals surface area (Å²) in [5.74, 6) is 0. The molecule has 1 aromatic carbocycles. The van der Waals surface area contributed by atoms with Crippen LogP contribution in [0.2, 0.25) is 5.02 Å². The third kappa shape index (κ3) is 3.87. The minimum atomic E-state index is 0.561. The van der Waals surface area contributed by atoms with Crippen LogP contribution in [-0.2, 0) is 6.54 Å². The molecule has 2 rings (SSSR count). The van der Waals surface area contributed by atoms with Crippen LogP contribution in [0.5, 0.6) is 0 Å². The predicted molar refractivity (Wildman–Crippen MR) is 87.8 cm³/mol. The Hall–Kier alpha value is -0.770. The molecule has 0 spiro atoms. The van der Waals surface area contributed by atoms with E-state index in [1.807, 2.05) is 0 Å². The molecular formula is C16H26ClN3. The lowest BCUT2D eigenvalue weighted by Gasteiger charge is -2.37. The van der Waals surface area contributed by atoms with Crippen LogP contribution in [0.1, 0.15) is 25.3 Å². The summed E-state index contributed by atoms with van der Waals surface area (Å²) in [5.41, 5.74) is 2.39. The van der Waals surface area contributed by atoms with Crippen molar-refractivity contribution in [3.63, 3.8) is 0 Å². The fourth-order valence-electron chi connectivity index (χ4n) is 2.87. The fourth-order valence-corrected chi connectivity index (χ4v) is 3.20. The van der Waals surface area contributed by atoms with Gasteiger partial charge in [-0.3, -0.25) is 0 Å². The Morgan fingerprint density at radius 1 is 1.45 bits per heavy atom. The molecule has 0 radical (unpaired) electrons. The van der Waals surface area contributed by atoms with Gasteiger partial charge in [0.15, 0.2) is 0 Å². The van der Waals surface area contributed by atoms with Gasteiger partial charge >= 0.3 is 0 Å². The third-order valence-electron chi connectivity index (χ3n) is 4.12. The Bertz CT molecular complexity index is 436. The molecule has 20 heavy (non-hydrogen) atoms. The van der Waals surface area contributed by atoms with E-state index in [0.29, 0.717) is 6.04 Å². The average molecular weight is 296 g/mol. The van der Waals surface area contributed by atoms with Crippen LogP contribution in [-0.4, -0.2) is 44.7 Å². The van der Waals surface area contributed by atoms with E-state index in [1.54, 1.807) is 0 Å². The van der Waals surface area contributed by atoms with Gasteiger partial charge in [-0.05, 0) is 50.7 Å². The maximum absolute atomic E-state index is 6.48. The molecule has 0 bridgehead atoms. The summed E-state index contributed by atoms with van der Waals surface area (Å²) in [4.78, 5) is 4.74. The van der Waals surface area contributed by atoms with Gasteiger partial charge in [-0.25, -0.2) is 0 Å². The molecule has 1 aliphatic heterocycles. The first-order chi connectivity index (χ1) is 9.61. The Labute approximate surface area is 127 Å². The molecule has 1 heterocycles. The van der Waals surface area contributed by atoms with E-state index in [0.717, 1.165) is 30.3 Å². The van der Waals surface area contributed by atoms with Crippen molar-refractivity contribution >= 4 is 17.3 Å². The van der Waals surface area contributed by atoms with Crippen molar-refractivity contribution in [2.45, 2.75) is 32.4 Å². The SMILES string of the molecule is CCNCc1ccc(N(C)C2CCCN(C)C2)c(Cl)c1. The molecule has 0 amide bonds. The summed E-state index contributed by atoms with van der Waals surface area (Å²) in [6.45, 7) is 6.30. The van der Waals surface area contributed by atoms with Crippen molar-refractivity contribution in [2.24, 2.45) is 0 Å². The molecule has 0 saturated carbocycles. The summed E-state index contributed by atoms with van der Waals surface area (Å²) in [6.07, 6.45) is 2.51.